The molecule has 2 heteroatoms. The fraction of sp³-hybridized carbons (Fsp3) is 1.00. The molecule has 1 saturated heterocycles. The molecule has 1 N–H and O–H groups in total. The number of hydrogen-bond donors (Lipinski definition) is 1. The molecule has 0 aliphatic carbocycles. The number of hydrogen-bond acceptors (Lipinski definition) is 2. The maximum atomic E-state index is 8.48. The normalized spacial score (nSPS) is 30.6. The molecule has 1 heterocycles. The van der Waals surface area contributed by atoms with Gasteiger partial charge in [0.05, 0.1) is 12.2 Å². The summed E-state index contributed by atoms with van der Waals surface area (Å²) in [5.41, 5.74) is 0. The minimum absolute atomic E-state index is 0.323. The molecule has 0 bridgehead atoms. The number of epoxide rings is 1. The van der Waals surface area contributed by atoms with Gasteiger partial charge in [-0.1, -0.05) is 6.92 Å². The van der Waals surface area contributed by atoms with Crippen molar-refractivity contribution >= 4 is 0 Å². The zero-order valence-corrected chi connectivity index (χ0v) is 6.55. The molecule has 0 unspecified atom stereocenters. The molecular weight excluding hydrogens is 128 g/mol. The summed E-state index contributed by atoms with van der Waals surface area (Å²) in [7, 11) is 0. The Kier molecular flexibility index (Phi) is 3.16. The van der Waals surface area contributed by atoms with E-state index in [1.165, 1.54) is 0 Å². The molecule has 0 radical (unpaired) electrons. The second kappa shape index (κ2) is 3.94. The van der Waals surface area contributed by atoms with E-state index in [2.05, 4.69) is 6.92 Å². The predicted octanol–water partition coefficient (Wildman–Crippen LogP) is 1.33. The van der Waals surface area contributed by atoms with Crippen molar-refractivity contribution in [2.45, 2.75) is 44.8 Å². The summed E-state index contributed by atoms with van der Waals surface area (Å²) >= 11 is 0. The Morgan fingerprint density at radius 3 is 2.60 bits per heavy atom. The SMILES string of the molecule is CC[C@H]1O[C@H]1CCCCO. The Morgan fingerprint density at radius 2 is 2.10 bits per heavy atom. The highest BCUT2D eigenvalue weighted by Crippen LogP contribution is 2.29. The molecule has 0 aromatic rings. The molecule has 0 amide bonds. The number of aliphatic hydroxyl groups is 1. The number of unbranched alkanes of at least 4 members (excludes halogenated alkanes) is 1. The van der Waals surface area contributed by atoms with Crippen molar-refractivity contribution in [2.75, 3.05) is 6.61 Å². The van der Waals surface area contributed by atoms with Crippen molar-refractivity contribution in [3.05, 3.63) is 0 Å². The summed E-state index contributed by atoms with van der Waals surface area (Å²) in [6, 6.07) is 0. The van der Waals surface area contributed by atoms with Crippen LogP contribution in [0, 0.1) is 0 Å². The van der Waals surface area contributed by atoms with Gasteiger partial charge in [-0.2, -0.15) is 0 Å². The predicted molar refractivity (Wildman–Crippen MR) is 39.9 cm³/mol. The van der Waals surface area contributed by atoms with Crippen molar-refractivity contribution in [2.24, 2.45) is 0 Å². The van der Waals surface area contributed by atoms with Gasteiger partial charge in [0.2, 0.25) is 0 Å². The minimum Gasteiger partial charge on any atom is -0.396 e. The van der Waals surface area contributed by atoms with Crippen molar-refractivity contribution in [1.82, 2.24) is 0 Å². The fourth-order valence-corrected chi connectivity index (χ4v) is 1.25. The Balaban J connectivity index is 1.87. The summed E-state index contributed by atoms with van der Waals surface area (Å²) in [4.78, 5) is 0. The molecule has 2 atom stereocenters. The van der Waals surface area contributed by atoms with Crippen LogP contribution in [-0.2, 0) is 4.74 Å². The Bertz CT molecular complexity index is 93.3. The molecule has 60 valence electrons. The van der Waals surface area contributed by atoms with Crippen LogP contribution in [0.2, 0.25) is 0 Å². The third-order valence-corrected chi connectivity index (χ3v) is 1.99. The molecule has 0 spiro atoms. The highest BCUT2D eigenvalue weighted by Gasteiger charge is 2.35. The van der Waals surface area contributed by atoms with E-state index >= 15 is 0 Å². The topological polar surface area (TPSA) is 32.8 Å². The highest BCUT2D eigenvalue weighted by molar-refractivity contribution is 4.82. The molecular formula is C8H16O2. The first-order chi connectivity index (χ1) is 4.88. The monoisotopic (exact) mass is 144 g/mol. The average Bonchev–Trinajstić information content (AvgIpc) is 2.68. The lowest BCUT2D eigenvalue weighted by Gasteiger charge is -1.92. The molecule has 1 fully saturated rings. The maximum Gasteiger partial charge on any atom is 0.0841 e. The van der Waals surface area contributed by atoms with Crippen LogP contribution in [0.15, 0.2) is 0 Å². The van der Waals surface area contributed by atoms with E-state index in [4.69, 9.17) is 9.84 Å². The van der Waals surface area contributed by atoms with E-state index < -0.39 is 0 Å². The van der Waals surface area contributed by atoms with Gasteiger partial charge in [-0.15, -0.1) is 0 Å². The molecule has 10 heavy (non-hydrogen) atoms. The summed E-state index contributed by atoms with van der Waals surface area (Å²) in [6.07, 6.45) is 5.38. The van der Waals surface area contributed by atoms with E-state index in [9.17, 15) is 0 Å². The lowest BCUT2D eigenvalue weighted by atomic mass is 10.1. The van der Waals surface area contributed by atoms with E-state index in [0.717, 1.165) is 25.7 Å². The van der Waals surface area contributed by atoms with Crippen LogP contribution < -0.4 is 0 Å². The van der Waals surface area contributed by atoms with Gasteiger partial charge in [0.15, 0.2) is 0 Å². The van der Waals surface area contributed by atoms with Crippen LogP contribution in [0.3, 0.4) is 0 Å². The molecule has 0 aromatic carbocycles. The third kappa shape index (κ3) is 2.27. The smallest absolute Gasteiger partial charge is 0.0841 e. The van der Waals surface area contributed by atoms with Gasteiger partial charge in [-0.3, -0.25) is 0 Å². The van der Waals surface area contributed by atoms with Crippen LogP contribution in [0.25, 0.3) is 0 Å². The molecule has 1 aliphatic rings. The van der Waals surface area contributed by atoms with Crippen molar-refractivity contribution in [3.63, 3.8) is 0 Å². The third-order valence-electron chi connectivity index (χ3n) is 1.99. The van der Waals surface area contributed by atoms with E-state index in [1.54, 1.807) is 0 Å². The number of ether oxygens (including phenoxy) is 1. The van der Waals surface area contributed by atoms with E-state index in [0.29, 0.717) is 18.8 Å². The standard InChI is InChI=1S/C8H16O2/c1-2-7-8(10-7)5-3-4-6-9/h7-9H,2-6H2,1H3/t7-,8+/m1/s1. The van der Waals surface area contributed by atoms with Gasteiger partial charge >= 0.3 is 0 Å². The molecule has 1 aliphatic heterocycles. The van der Waals surface area contributed by atoms with Crippen LogP contribution >= 0.6 is 0 Å². The second-order valence-corrected chi connectivity index (χ2v) is 2.84. The first-order valence-corrected chi connectivity index (χ1v) is 4.14. The summed E-state index contributed by atoms with van der Waals surface area (Å²) in [5, 5.41) is 8.48. The Labute approximate surface area is 62.2 Å². The largest absolute Gasteiger partial charge is 0.396 e. The second-order valence-electron chi connectivity index (χ2n) is 2.84. The Morgan fingerprint density at radius 1 is 1.30 bits per heavy atom. The molecule has 1 rings (SSSR count). The van der Waals surface area contributed by atoms with Crippen molar-refractivity contribution in [1.29, 1.82) is 0 Å². The quantitative estimate of drug-likeness (QED) is 0.466. The van der Waals surface area contributed by atoms with Crippen LogP contribution in [-0.4, -0.2) is 23.9 Å². The van der Waals surface area contributed by atoms with Gasteiger partial charge in [-0.05, 0) is 25.7 Å². The van der Waals surface area contributed by atoms with Crippen molar-refractivity contribution < 1.29 is 9.84 Å². The van der Waals surface area contributed by atoms with Crippen LogP contribution in [0.5, 0.6) is 0 Å². The average molecular weight is 144 g/mol. The van der Waals surface area contributed by atoms with Crippen molar-refractivity contribution in [3.8, 4) is 0 Å². The zero-order valence-electron chi connectivity index (χ0n) is 6.55. The summed E-state index contributed by atoms with van der Waals surface area (Å²) < 4.78 is 5.33. The van der Waals surface area contributed by atoms with Gasteiger partial charge in [0.1, 0.15) is 0 Å². The van der Waals surface area contributed by atoms with E-state index in [1.807, 2.05) is 0 Å². The molecule has 0 saturated carbocycles. The van der Waals surface area contributed by atoms with Crippen LogP contribution in [0.4, 0.5) is 0 Å². The summed E-state index contributed by atoms with van der Waals surface area (Å²) in [5.74, 6) is 0. The lowest BCUT2D eigenvalue weighted by molar-refractivity contribution is 0.278. The zero-order chi connectivity index (χ0) is 7.40. The Hall–Kier alpha value is -0.0800. The lowest BCUT2D eigenvalue weighted by Crippen LogP contribution is -1.93. The number of rotatable bonds is 5. The molecule has 2 nitrogen and oxygen atoms in total. The highest BCUT2D eigenvalue weighted by atomic mass is 16.6. The fourth-order valence-electron chi connectivity index (χ4n) is 1.25. The van der Waals surface area contributed by atoms with E-state index in [-0.39, 0.29) is 0 Å². The van der Waals surface area contributed by atoms with Gasteiger partial charge in [-0.25, -0.2) is 0 Å². The van der Waals surface area contributed by atoms with Crippen LogP contribution in [0.1, 0.15) is 32.6 Å². The van der Waals surface area contributed by atoms with Gasteiger partial charge < -0.3 is 9.84 Å². The minimum atomic E-state index is 0.323. The first kappa shape index (κ1) is 8.02. The first-order valence-electron chi connectivity index (χ1n) is 4.14. The number of aliphatic hydroxyl groups excluding tert-OH is 1. The summed E-state index contributed by atoms with van der Waals surface area (Å²) in [6.45, 7) is 2.47. The van der Waals surface area contributed by atoms with Gasteiger partial charge in [0, 0.05) is 6.61 Å². The van der Waals surface area contributed by atoms with Gasteiger partial charge in [0.25, 0.3) is 0 Å². The molecule has 0 aromatic heterocycles. The maximum absolute atomic E-state index is 8.48.